The van der Waals surface area contributed by atoms with Crippen LogP contribution in [0, 0.1) is 22.7 Å². The van der Waals surface area contributed by atoms with Crippen LogP contribution in [0.25, 0.3) is 0 Å². The first kappa shape index (κ1) is 18.9. The van der Waals surface area contributed by atoms with Crippen LogP contribution in [0.5, 0.6) is 0 Å². The maximum Gasteiger partial charge on any atom is 0.217 e. The lowest BCUT2D eigenvalue weighted by atomic mass is 9.59. The Labute approximate surface area is 161 Å². The Balaban J connectivity index is 1.68. The van der Waals surface area contributed by atoms with Gasteiger partial charge in [-0.2, -0.15) is 0 Å². The quantitative estimate of drug-likeness (QED) is 0.859. The van der Waals surface area contributed by atoms with E-state index in [0.717, 1.165) is 24.8 Å². The number of rotatable bonds is 3. The summed E-state index contributed by atoms with van der Waals surface area (Å²) >= 11 is 0. The van der Waals surface area contributed by atoms with E-state index in [1.165, 1.54) is 6.26 Å². The third-order valence-electron chi connectivity index (χ3n) is 7.49. The molecule has 1 aromatic rings. The Bertz CT molecular complexity index is 861. The number of hydrogen-bond donors (Lipinski definition) is 1. The summed E-state index contributed by atoms with van der Waals surface area (Å²) < 4.78 is 29.7. The third-order valence-corrected chi connectivity index (χ3v) is 8.62. The number of nitrogens with one attached hydrogen (secondary N) is 1. The number of amides is 1. The van der Waals surface area contributed by atoms with E-state index in [1.54, 1.807) is 19.1 Å². The predicted octanol–water partition coefficient (Wildman–Crippen LogP) is 3.11. The number of hydrogen-bond acceptors (Lipinski definition) is 4. The molecule has 148 valence electrons. The van der Waals surface area contributed by atoms with E-state index < -0.39 is 9.84 Å². The number of sulfone groups is 1. The zero-order valence-corrected chi connectivity index (χ0v) is 17.3. The fraction of sp³-hybridized carbons (Fsp3) is 0.667. The molecular formula is C21H29NO4S. The number of carbonyl (C=O) groups excluding carboxylic acids is 1. The maximum absolute atomic E-state index is 11.9. The van der Waals surface area contributed by atoms with Crippen molar-refractivity contribution in [3.8, 4) is 0 Å². The van der Waals surface area contributed by atoms with Gasteiger partial charge in [0, 0.05) is 25.8 Å². The van der Waals surface area contributed by atoms with Crippen LogP contribution in [-0.2, 0) is 19.4 Å². The lowest BCUT2D eigenvalue weighted by Crippen LogP contribution is -2.58. The summed E-state index contributed by atoms with van der Waals surface area (Å²) in [5.41, 5.74) is 1.20. The van der Waals surface area contributed by atoms with Crippen LogP contribution in [0.4, 0.5) is 0 Å². The topological polar surface area (TPSA) is 72.5 Å². The van der Waals surface area contributed by atoms with E-state index in [0.29, 0.717) is 23.3 Å². The average molecular weight is 392 g/mol. The van der Waals surface area contributed by atoms with Crippen molar-refractivity contribution in [2.75, 3.05) is 12.9 Å². The van der Waals surface area contributed by atoms with Gasteiger partial charge in [0.1, 0.15) is 0 Å². The Morgan fingerprint density at radius 1 is 1.22 bits per heavy atom. The molecule has 0 radical (unpaired) electrons. The van der Waals surface area contributed by atoms with Crippen molar-refractivity contribution >= 4 is 15.7 Å². The summed E-state index contributed by atoms with van der Waals surface area (Å²) in [6.45, 7) is 6.85. The summed E-state index contributed by atoms with van der Waals surface area (Å²) in [5, 5.41) is 3.28. The molecule has 5 atom stereocenters. The first-order valence-electron chi connectivity index (χ1n) is 9.74. The second kappa shape index (κ2) is 6.05. The molecule has 3 fully saturated rings. The molecule has 3 aliphatic rings. The molecule has 1 spiro atoms. The van der Waals surface area contributed by atoms with Gasteiger partial charge in [0.15, 0.2) is 9.84 Å². The normalized spacial score (nSPS) is 37.0. The van der Waals surface area contributed by atoms with Crippen molar-refractivity contribution in [1.29, 1.82) is 0 Å². The average Bonchev–Trinajstić information content (AvgIpc) is 3.07. The second-order valence-electron chi connectivity index (χ2n) is 9.31. The van der Waals surface area contributed by atoms with E-state index in [1.807, 2.05) is 12.1 Å². The van der Waals surface area contributed by atoms with E-state index >= 15 is 0 Å². The van der Waals surface area contributed by atoms with Crippen molar-refractivity contribution in [2.45, 2.75) is 57.1 Å². The van der Waals surface area contributed by atoms with Gasteiger partial charge in [-0.15, -0.1) is 0 Å². The van der Waals surface area contributed by atoms with Crippen LogP contribution in [0.15, 0.2) is 29.2 Å². The van der Waals surface area contributed by atoms with E-state index in [-0.39, 0.29) is 28.9 Å². The van der Waals surface area contributed by atoms with Crippen LogP contribution >= 0.6 is 0 Å². The van der Waals surface area contributed by atoms with Crippen LogP contribution in [-0.4, -0.2) is 33.2 Å². The van der Waals surface area contributed by atoms with E-state index in [2.05, 4.69) is 19.2 Å². The van der Waals surface area contributed by atoms with Gasteiger partial charge in [-0.25, -0.2) is 8.42 Å². The molecule has 0 aromatic heterocycles. The highest BCUT2D eigenvalue weighted by Crippen LogP contribution is 2.70. The van der Waals surface area contributed by atoms with Crippen LogP contribution in [0.1, 0.15) is 51.7 Å². The minimum atomic E-state index is -3.20. The molecule has 2 unspecified atom stereocenters. The summed E-state index contributed by atoms with van der Waals surface area (Å²) in [6, 6.07) is 7.30. The van der Waals surface area contributed by atoms with E-state index in [4.69, 9.17) is 4.74 Å². The molecule has 1 N–H and O–H groups in total. The van der Waals surface area contributed by atoms with Crippen LogP contribution < -0.4 is 5.32 Å². The first-order valence-corrected chi connectivity index (χ1v) is 11.6. The molecule has 1 heterocycles. The molecule has 4 rings (SSSR count). The molecule has 1 aromatic carbocycles. The Hall–Kier alpha value is -1.40. The van der Waals surface area contributed by atoms with Crippen molar-refractivity contribution < 1.29 is 17.9 Å². The maximum atomic E-state index is 11.9. The zero-order chi connectivity index (χ0) is 19.6. The fourth-order valence-electron chi connectivity index (χ4n) is 6.23. The van der Waals surface area contributed by atoms with Gasteiger partial charge in [-0.1, -0.05) is 26.0 Å². The smallest absolute Gasteiger partial charge is 0.217 e. The standard InChI is InChI=1S/C21H29NO4S/c1-13(23)22-19-20(2,3)15-11-17-18(26-10-9-21(17,19)12-15)14-5-7-16(8-6-14)27(4,24)25/h5-8,15,17-19H,9-12H2,1-4H3,(H,22,23)/t15-,17-,18-,19?,21?/m1/s1. The minimum Gasteiger partial charge on any atom is -0.373 e. The summed E-state index contributed by atoms with van der Waals surface area (Å²) in [6.07, 6.45) is 4.40. The van der Waals surface area contributed by atoms with Crippen molar-refractivity contribution in [3.63, 3.8) is 0 Å². The van der Waals surface area contributed by atoms with Gasteiger partial charge in [-0.05, 0) is 59.6 Å². The van der Waals surface area contributed by atoms with Gasteiger partial charge < -0.3 is 10.1 Å². The van der Waals surface area contributed by atoms with Gasteiger partial charge in [0.05, 0.1) is 11.0 Å². The summed E-state index contributed by atoms with van der Waals surface area (Å²) in [5.74, 6) is 0.957. The number of fused-ring (bicyclic) bond motifs is 1. The molecule has 27 heavy (non-hydrogen) atoms. The highest BCUT2D eigenvalue weighted by molar-refractivity contribution is 7.90. The number of carbonyl (C=O) groups is 1. The molecule has 5 nitrogen and oxygen atoms in total. The molecule has 1 aliphatic heterocycles. The molecule has 2 aliphatic carbocycles. The predicted molar refractivity (Wildman–Crippen MR) is 103 cm³/mol. The Morgan fingerprint density at radius 2 is 1.89 bits per heavy atom. The van der Waals surface area contributed by atoms with Gasteiger partial charge in [-0.3, -0.25) is 4.79 Å². The summed E-state index contributed by atoms with van der Waals surface area (Å²) in [4.78, 5) is 12.3. The van der Waals surface area contributed by atoms with Gasteiger partial charge in [0.2, 0.25) is 5.91 Å². The minimum absolute atomic E-state index is 0.0364. The zero-order valence-electron chi connectivity index (χ0n) is 16.5. The van der Waals surface area contributed by atoms with E-state index in [9.17, 15) is 13.2 Å². The Morgan fingerprint density at radius 3 is 2.48 bits per heavy atom. The first-order chi connectivity index (χ1) is 12.6. The second-order valence-corrected chi connectivity index (χ2v) is 11.3. The molecular weight excluding hydrogens is 362 g/mol. The van der Waals surface area contributed by atoms with Gasteiger partial charge >= 0.3 is 0 Å². The third kappa shape index (κ3) is 2.83. The fourth-order valence-corrected chi connectivity index (χ4v) is 6.86. The largest absolute Gasteiger partial charge is 0.373 e. The van der Waals surface area contributed by atoms with Crippen molar-refractivity contribution in [2.24, 2.45) is 22.7 Å². The molecule has 2 saturated carbocycles. The number of benzene rings is 1. The SMILES string of the molecule is CC(=O)NC1C(C)(C)[C@@H]2C[C@@H]3[C@@H](c4ccc(S(C)(=O)=O)cc4)OCCC13C2. The highest BCUT2D eigenvalue weighted by Gasteiger charge is 2.68. The van der Waals surface area contributed by atoms with Gasteiger partial charge in [0.25, 0.3) is 0 Å². The van der Waals surface area contributed by atoms with Crippen molar-refractivity contribution in [3.05, 3.63) is 29.8 Å². The summed E-state index contributed by atoms with van der Waals surface area (Å²) in [7, 11) is -3.20. The lowest BCUT2D eigenvalue weighted by Gasteiger charge is -2.53. The monoisotopic (exact) mass is 391 g/mol. The lowest BCUT2D eigenvalue weighted by molar-refractivity contribution is -0.136. The van der Waals surface area contributed by atoms with Crippen LogP contribution in [0.3, 0.4) is 0 Å². The molecule has 2 bridgehead atoms. The molecule has 1 saturated heterocycles. The molecule has 6 heteroatoms. The Kier molecular flexibility index (Phi) is 4.24. The van der Waals surface area contributed by atoms with Crippen molar-refractivity contribution in [1.82, 2.24) is 5.32 Å². The molecule has 1 amide bonds. The number of ether oxygens (including phenoxy) is 1. The van der Waals surface area contributed by atoms with Crippen LogP contribution in [0.2, 0.25) is 0 Å². The highest BCUT2D eigenvalue weighted by atomic mass is 32.2.